The van der Waals surface area contributed by atoms with E-state index in [9.17, 15) is 9.59 Å². The molecule has 4 heterocycles. The second-order valence-electron chi connectivity index (χ2n) is 7.34. The van der Waals surface area contributed by atoms with Crippen LogP contribution < -0.4 is 11.2 Å². The second-order valence-corrected chi connectivity index (χ2v) is 7.34. The molecule has 1 aliphatic heterocycles. The normalized spacial score (nSPS) is 17.2. The lowest BCUT2D eigenvalue weighted by Gasteiger charge is -2.36. The van der Waals surface area contributed by atoms with Gasteiger partial charge in [-0.15, -0.1) is 0 Å². The van der Waals surface area contributed by atoms with E-state index in [-0.39, 0.29) is 5.56 Å². The van der Waals surface area contributed by atoms with Gasteiger partial charge in [0.15, 0.2) is 16.8 Å². The van der Waals surface area contributed by atoms with Crippen molar-refractivity contribution in [3.63, 3.8) is 0 Å². The molecule has 3 aromatic heterocycles. The van der Waals surface area contributed by atoms with E-state index in [2.05, 4.69) is 14.9 Å². The molecule has 0 aliphatic carbocycles. The van der Waals surface area contributed by atoms with E-state index in [1.54, 1.807) is 36.3 Å². The summed E-state index contributed by atoms with van der Waals surface area (Å²) in [6, 6.07) is 5.35. The fraction of sp³-hybridized carbons (Fsp3) is 0.474. The predicted octanol–water partition coefficient (Wildman–Crippen LogP) is 0.789. The maximum Gasteiger partial charge on any atom is 0.332 e. The highest BCUT2D eigenvalue weighted by atomic mass is 19.1. The van der Waals surface area contributed by atoms with Crippen molar-refractivity contribution >= 4 is 11.2 Å². The molecule has 0 radical (unpaired) electrons. The number of pyridine rings is 1. The molecule has 1 fully saturated rings. The van der Waals surface area contributed by atoms with Gasteiger partial charge >= 0.3 is 5.69 Å². The van der Waals surface area contributed by atoms with Crippen LogP contribution in [0.1, 0.15) is 18.5 Å². The Morgan fingerprint density at radius 2 is 1.82 bits per heavy atom. The Hall–Kier alpha value is -2.81. The number of likely N-dealkylation sites (tertiary alicyclic amines) is 1. The summed E-state index contributed by atoms with van der Waals surface area (Å²) in [5.74, 6) is 0. The first-order valence-corrected chi connectivity index (χ1v) is 9.34. The number of rotatable bonds is 4. The van der Waals surface area contributed by atoms with Crippen LogP contribution in [0, 0.1) is 0 Å². The lowest BCUT2D eigenvalue weighted by molar-refractivity contribution is 0.0511. The van der Waals surface area contributed by atoms with Gasteiger partial charge < -0.3 is 9.47 Å². The number of halogens is 1. The molecule has 0 amide bonds. The van der Waals surface area contributed by atoms with Crippen LogP contribution in [0.15, 0.2) is 40.3 Å². The van der Waals surface area contributed by atoms with Gasteiger partial charge in [-0.25, -0.2) is 14.2 Å². The van der Waals surface area contributed by atoms with E-state index in [1.165, 1.54) is 11.6 Å². The van der Waals surface area contributed by atoms with Gasteiger partial charge in [0.05, 0.1) is 12.0 Å². The summed E-state index contributed by atoms with van der Waals surface area (Å²) >= 11 is 0. The number of hydrogen-bond donors (Lipinski definition) is 0. The molecule has 28 heavy (non-hydrogen) atoms. The molecule has 148 valence electrons. The van der Waals surface area contributed by atoms with Crippen LogP contribution in [-0.4, -0.2) is 48.2 Å². The first-order chi connectivity index (χ1) is 13.4. The fourth-order valence-corrected chi connectivity index (χ4v) is 3.83. The smallest absolute Gasteiger partial charge is 0.323 e. The first-order valence-electron chi connectivity index (χ1n) is 9.34. The van der Waals surface area contributed by atoms with E-state index in [0.717, 1.165) is 4.57 Å². The van der Waals surface area contributed by atoms with E-state index in [4.69, 9.17) is 0 Å². The molecule has 0 aromatic carbocycles. The molecule has 8 nitrogen and oxygen atoms in total. The molecule has 0 bridgehead atoms. The molecule has 0 N–H and O–H groups in total. The van der Waals surface area contributed by atoms with E-state index < -0.39 is 11.4 Å². The minimum absolute atomic E-state index is 0.354. The molecule has 9 heteroatoms. The van der Waals surface area contributed by atoms with Gasteiger partial charge in [0, 0.05) is 46.5 Å². The minimum atomic E-state index is -1.38. The number of aromatic nitrogens is 5. The van der Waals surface area contributed by atoms with Crippen LogP contribution in [-0.2, 0) is 26.3 Å². The Morgan fingerprint density at radius 3 is 2.50 bits per heavy atom. The Morgan fingerprint density at radius 1 is 1.07 bits per heavy atom. The highest BCUT2D eigenvalue weighted by Crippen LogP contribution is 2.35. The quantitative estimate of drug-likeness (QED) is 0.663. The van der Waals surface area contributed by atoms with Crippen molar-refractivity contribution in [1.29, 1.82) is 0 Å². The summed E-state index contributed by atoms with van der Waals surface area (Å²) in [4.78, 5) is 35.1. The number of alkyl halides is 1. The van der Waals surface area contributed by atoms with E-state index in [1.807, 2.05) is 6.07 Å². The number of nitrogens with zero attached hydrogens (tertiary/aromatic N) is 6. The highest BCUT2D eigenvalue weighted by Gasteiger charge is 2.37. The molecular weight excluding hydrogens is 363 g/mol. The SMILES string of the molecule is Cn1c(=O)c2c(ncn2CCN2CCC(F)(c3ccccn3)CC2)n(C)c1=O. The minimum Gasteiger partial charge on any atom is -0.323 e. The molecule has 0 spiro atoms. The zero-order valence-corrected chi connectivity index (χ0v) is 16.0. The molecule has 0 saturated carbocycles. The van der Waals surface area contributed by atoms with Gasteiger partial charge in [-0.3, -0.25) is 18.9 Å². The highest BCUT2D eigenvalue weighted by molar-refractivity contribution is 5.69. The van der Waals surface area contributed by atoms with Crippen LogP contribution in [0.2, 0.25) is 0 Å². The third-order valence-electron chi connectivity index (χ3n) is 5.65. The first kappa shape index (κ1) is 18.5. The maximum absolute atomic E-state index is 15.2. The summed E-state index contributed by atoms with van der Waals surface area (Å²) in [7, 11) is 3.06. The van der Waals surface area contributed by atoms with E-state index in [0.29, 0.717) is 55.9 Å². The summed E-state index contributed by atoms with van der Waals surface area (Å²) in [6.45, 7) is 2.47. The van der Waals surface area contributed by atoms with Crippen LogP contribution in [0.25, 0.3) is 11.2 Å². The van der Waals surface area contributed by atoms with Crippen molar-refractivity contribution in [2.24, 2.45) is 14.1 Å². The summed E-state index contributed by atoms with van der Waals surface area (Å²) in [5.41, 5.74) is -0.840. The largest absolute Gasteiger partial charge is 0.332 e. The van der Waals surface area contributed by atoms with Crippen LogP contribution in [0.4, 0.5) is 4.39 Å². The number of fused-ring (bicyclic) bond motifs is 1. The van der Waals surface area contributed by atoms with Crippen molar-refractivity contribution in [2.45, 2.75) is 25.1 Å². The lowest BCUT2D eigenvalue weighted by Crippen LogP contribution is -2.42. The third kappa shape index (κ3) is 3.05. The summed E-state index contributed by atoms with van der Waals surface area (Å²) in [5, 5.41) is 0. The standard InChI is InChI=1S/C19H23FN6O2/c1-23-16-15(17(27)24(2)18(23)28)26(13-22-16)12-11-25-9-6-19(20,7-10-25)14-5-3-4-8-21-14/h3-5,8,13H,6-7,9-12H2,1-2H3. The molecular formula is C19H23FN6O2. The van der Waals surface area contributed by atoms with Crippen molar-refractivity contribution in [3.05, 3.63) is 57.3 Å². The second kappa shape index (κ2) is 6.97. The summed E-state index contributed by atoms with van der Waals surface area (Å²) < 4.78 is 19.4. The van der Waals surface area contributed by atoms with Gasteiger partial charge in [-0.2, -0.15) is 0 Å². The van der Waals surface area contributed by atoms with Gasteiger partial charge in [0.1, 0.15) is 0 Å². The average molecular weight is 386 g/mol. The maximum atomic E-state index is 15.2. The molecule has 1 aliphatic rings. The number of piperidine rings is 1. The van der Waals surface area contributed by atoms with Crippen molar-refractivity contribution < 1.29 is 4.39 Å². The number of aryl methyl sites for hydroxylation is 1. The number of hydrogen-bond acceptors (Lipinski definition) is 5. The van der Waals surface area contributed by atoms with Crippen LogP contribution in [0.3, 0.4) is 0 Å². The topological polar surface area (TPSA) is 78.0 Å². The molecule has 0 unspecified atom stereocenters. The van der Waals surface area contributed by atoms with Crippen LogP contribution >= 0.6 is 0 Å². The monoisotopic (exact) mass is 386 g/mol. The molecule has 0 atom stereocenters. The molecule has 4 rings (SSSR count). The molecule has 1 saturated heterocycles. The van der Waals surface area contributed by atoms with Gasteiger partial charge in [-0.1, -0.05) is 6.07 Å². The Bertz CT molecular complexity index is 1110. The van der Waals surface area contributed by atoms with Crippen molar-refractivity contribution in [2.75, 3.05) is 19.6 Å². The van der Waals surface area contributed by atoms with Gasteiger partial charge in [0.25, 0.3) is 5.56 Å². The lowest BCUT2D eigenvalue weighted by atomic mass is 9.89. The Kier molecular flexibility index (Phi) is 4.62. The average Bonchev–Trinajstić information content (AvgIpc) is 3.15. The van der Waals surface area contributed by atoms with Gasteiger partial charge in [0.2, 0.25) is 0 Å². The molecule has 3 aromatic rings. The zero-order chi connectivity index (χ0) is 19.9. The Labute approximate surface area is 160 Å². The predicted molar refractivity (Wildman–Crippen MR) is 103 cm³/mol. The van der Waals surface area contributed by atoms with E-state index >= 15 is 4.39 Å². The van der Waals surface area contributed by atoms with Crippen molar-refractivity contribution in [3.8, 4) is 0 Å². The van der Waals surface area contributed by atoms with Crippen LogP contribution in [0.5, 0.6) is 0 Å². The van der Waals surface area contributed by atoms with Gasteiger partial charge in [-0.05, 0) is 25.0 Å². The summed E-state index contributed by atoms with van der Waals surface area (Å²) in [6.07, 6.45) is 4.00. The fourth-order valence-electron chi connectivity index (χ4n) is 3.83. The Balaban J connectivity index is 1.47. The number of imidazole rings is 1. The third-order valence-corrected chi connectivity index (χ3v) is 5.65. The zero-order valence-electron chi connectivity index (χ0n) is 16.0. The van der Waals surface area contributed by atoms with Crippen molar-refractivity contribution in [1.82, 2.24) is 28.6 Å².